The molecule has 1 aliphatic heterocycles. The van der Waals surface area contributed by atoms with Crippen molar-refractivity contribution in [2.45, 2.75) is 45.3 Å². The number of alkyl halides is 3. The third-order valence-electron chi connectivity index (χ3n) is 7.74. The van der Waals surface area contributed by atoms with Crippen molar-refractivity contribution in [3.05, 3.63) is 77.4 Å². The molecule has 0 bridgehead atoms. The molecule has 1 heterocycles. The number of aliphatic hydroxyl groups excluding tert-OH is 1. The fraction of sp³-hybridized carbons (Fsp3) is 0.457. The van der Waals surface area contributed by atoms with E-state index in [4.69, 9.17) is 18.9 Å². The number of rotatable bonds is 18. The number of hydrogen-bond donors (Lipinski definition) is 1. The lowest BCUT2D eigenvalue weighted by Crippen LogP contribution is -2.40. The SMILES string of the molecule is CCOc1ccccc1OCCN(CCOc1ccccc1OCC(F)(F)F)[C@H](C)Cc1cc(C#N)c2c(c1)CCN2CCCO. The molecule has 46 heavy (non-hydrogen) atoms. The van der Waals surface area contributed by atoms with E-state index in [0.29, 0.717) is 62.8 Å². The van der Waals surface area contributed by atoms with Gasteiger partial charge in [-0.1, -0.05) is 30.3 Å². The quantitative estimate of drug-likeness (QED) is 0.180. The van der Waals surface area contributed by atoms with Crippen molar-refractivity contribution < 1.29 is 37.2 Å². The highest BCUT2D eigenvalue weighted by Gasteiger charge is 2.29. The largest absolute Gasteiger partial charge is 0.490 e. The Kier molecular flexibility index (Phi) is 12.8. The molecule has 0 aromatic heterocycles. The van der Waals surface area contributed by atoms with Crippen molar-refractivity contribution in [3.8, 4) is 29.1 Å². The third kappa shape index (κ3) is 9.93. The summed E-state index contributed by atoms with van der Waals surface area (Å²) in [4.78, 5) is 4.38. The van der Waals surface area contributed by atoms with E-state index >= 15 is 0 Å². The first kappa shape index (κ1) is 34.7. The maximum atomic E-state index is 12.8. The van der Waals surface area contributed by atoms with Crippen LogP contribution in [0.3, 0.4) is 0 Å². The second kappa shape index (κ2) is 17.0. The highest BCUT2D eigenvalue weighted by atomic mass is 19.4. The molecular formula is C35H42F3N3O5. The molecule has 3 aromatic carbocycles. The first-order valence-corrected chi connectivity index (χ1v) is 15.6. The van der Waals surface area contributed by atoms with E-state index in [1.807, 2.05) is 37.3 Å². The van der Waals surface area contributed by atoms with Gasteiger partial charge in [-0.2, -0.15) is 18.4 Å². The van der Waals surface area contributed by atoms with Gasteiger partial charge in [-0.15, -0.1) is 0 Å². The molecule has 1 N–H and O–H groups in total. The highest BCUT2D eigenvalue weighted by molar-refractivity contribution is 5.68. The number of nitriles is 1. The average Bonchev–Trinajstić information content (AvgIpc) is 3.45. The standard InChI is InChI=1S/C35H42F3N3O5/c1-3-43-30-9-4-5-10-31(30)44-19-16-40(17-20-45-32-11-6-7-12-33(32)46-25-35(36,37)38)26(2)21-27-22-28-13-15-41(14-8-18-42)34(28)29(23-27)24-39/h4-7,9-12,22-23,26,42H,3,8,13-21,25H2,1-2H3/t26-/m1/s1. The van der Waals surface area contributed by atoms with Gasteiger partial charge in [0.25, 0.3) is 0 Å². The van der Waals surface area contributed by atoms with E-state index in [-0.39, 0.29) is 30.8 Å². The number of hydrogen-bond acceptors (Lipinski definition) is 8. The summed E-state index contributed by atoms with van der Waals surface area (Å²) >= 11 is 0. The number of para-hydroxylation sites is 4. The second-order valence-corrected chi connectivity index (χ2v) is 11.1. The molecule has 0 saturated heterocycles. The van der Waals surface area contributed by atoms with Crippen LogP contribution < -0.4 is 23.8 Å². The Labute approximate surface area is 268 Å². The smallest absolute Gasteiger partial charge is 0.422 e. The van der Waals surface area contributed by atoms with Crippen molar-refractivity contribution >= 4 is 5.69 Å². The molecule has 8 nitrogen and oxygen atoms in total. The number of anilines is 1. The Balaban J connectivity index is 1.46. The Morgan fingerprint density at radius 3 is 2.07 bits per heavy atom. The Bertz CT molecular complexity index is 1450. The van der Waals surface area contributed by atoms with Crippen molar-refractivity contribution in [1.82, 2.24) is 4.90 Å². The van der Waals surface area contributed by atoms with Gasteiger partial charge in [0.15, 0.2) is 29.6 Å². The number of aliphatic hydroxyl groups is 1. The molecule has 248 valence electrons. The van der Waals surface area contributed by atoms with Gasteiger partial charge < -0.3 is 29.0 Å². The van der Waals surface area contributed by atoms with Gasteiger partial charge in [-0.25, -0.2) is 0 Å². The van der Waals surface area contributed by atoms with Gasteiger partial charge in [0.05, 0.1) is 17.9 Å². The van der Waals surface area contributed by atoms with Crippen molar-refractivity contribution in [2.75, 3.05) is 64.1 Å². The van der Waals surface area contributed by atoms with Crippen LogP contribution in [0.4, 0.5) is 18.9 Å². The summed E-state index contributed by atoms with van der Waals surface area (Å²) in [5.74, 6) is 1.58. The van der Waals surface area contributed by atoms with Gasteiger partial charge in [-0.05, 0) is 74.6 Å². The predicted molar refractivity (Wildman–Crippen MR) is 170 cm³/mol. The minimum atomic E-state index is -4.46. The van der Waals surface area contributed by atoms with Crippen LogP contribution >= 0.6 is 0 Å². The zero-order chi connectivity index (χ0) is 32.9. The molecule has 3 aromatic rings. The van der Waals surface area contributed by atoms with E-state index in [1.54, 1.807) is 18.2 Å². The van der Waals surface area contributed by atoms with Crippen LogP contribution in [-0.2, 0) is 12.8 Å². The van der Waals surface area contributed by atoms with Crippen LogP contribution in [0, 0.1) is 11.3 Å². The molecule has 0 saturated carbocycles. The van der Waals surface area contributed by atoms with Crippen LogP contribution in [0.5, 0.6) is 23.0 Å². The topological polar surface area (TPSA) is 87.4 Å². The lowest BCUT2D eigenvalue weighted by Gasteiger charge is -2.30. The molecule has 4 rings (SSSR count). The highest BCUT2D eigenvalue weighted by Crippen LogP contribution is 2.34. The minimum absolute atomic E-state index is 0.0162. The van der Waals surface area contributed by atoms with Gasteiger partial charge in [0.1, 0.15) is 19.3 Å². The summed E-state index contributed by atoms with van der Waals surface area (Å²) in [6, 6.07) is 20.3. The normalized spacial score (nSPS) is 13.3. The molecule has 0 aliphatic carbocycles. The van der Waals surface area contributed by atoms with Crippen LogP contribution in [0.2, 0.25) is 0 Å². The molecular weight excluding hydrogens is 599 g/mol. The molecule has 0 spiro atoms. The zero-order valence-corrected chi connectivity index (χ0v) is 26.4. The predicted octanol–water partition coefficient (Wildman–Crippen LogP) is 6.03. The van der Waals surface area contributed by atoms with E-state index in [1.165, 1.54) is 6.07 Å². The first-order valence-electron chi connectivity index (χ1n) is 15.6. The summed E-state index contributed by atoms with van der Waals surface area (Å²) in [5, 5.41) is 19.3. The maximum absolute atomic E-state index is 12.8. The van der Waals surface area contributed by atoms with Crippen LogP contribution in [0.15, 0.2) is 60.7 Å². The molecule has 1 atom stereocenters. The molecule has 0 amide bonds. The molecule has 11 heteroatoms. The Hall–Kier alpha value is -4.14. The Morgan fingerprint density at radius 1 is 0.935 bits per heavy atom. The maximum Gasteiger partial charge on any atom is 0.422 e. The zero-order valence-electron chi connectivity index (χ0n) is 26.4. The molecule has 0 unspecified atom stereocenters. The van der Waals surface area contributed by atoms with E-state index in [9.17, 15) is 23.5 Å². The monoisotopic (exact) mass is 641 g/mol. The molecule has 0 radical (unpaired) electrons. The summed E-state index contributed by atoms with van der Waals surface area (Å²) in [7, 11) is 0. The average molecular weight is 642 g/mol. The van der Waals surface area contributed by atoms with E-state index < -0.39 is 12.8 Å². The summed E-state index contributed by atoms with van der Waals surface area (Å²) in [6.45, 7) is 6.35. The van der Waals surface area contributed by atoms with Crippen LogP contribution in [0.1, 0.15) is 37.0 Å². The summed E-state index contributed by atoms with van der Waals surface area (Å²) < 4.78 is 61.0. The number of nitrogens with zero attached hydrogens (tertiary/aromatic N) is 3. The fourth-order valence-corrected chi connectivity index (χ4v) is 5.64. The van der Waals surface area contributed by atoms with Crippen molar-refractivity contribution in [2.24, 2.45) is 0 Å². The minimum Gasteiger partial charge on any atom is -0.490 e. The number of halogens is 3. The Morgan fingerprint density at radius 2 is 1.52 bits per heavy atom. The number of fused-ring (bicyclic) bond motifs is 1. The van der Waals surface area contributed by atoms with E-state index in [2.05, 4.69) is 28.9 Å². The lowest BCUT2D eigenvalue weighted by atomic mass is 9.98. The van der Waals surface area contributed by atoms with Crippen LogP contribution in [0.25, 0.3) is 0 Å². The molecule has 1 aliphatic rings. The lowest BCUT2D eigenvalue weighted by molar-refractivity contribution is -0.153. The van der Waals surface area contributed by atoms with Gasteiger partial charge in [-0.3, -0.25) is 4.90 Å². The summed E-state index contributed by atoms with van der Waals surface area (Å²) in [5.41, 5.74) is 3.79. The number of ether oxygens (including phenoxy) is 4. The fourth-order valence-electron chi connectivity index (χ4n) is 5.64. The first-order chi connectivity index (χ1) is 22.2. The summed E-state index contributed by atoms with van der Waals surface area (Å²) in [6.07, 6.45) is -2.30. The number of benzene rings is 3. The van der Waals surface area contributed by atoms with Gasteiger partial charge in [0, 0.05) is 38.8 Å². The van der Waals surface area contributed by atoms with Crippen LogP contribution in [-0.4, -0.2) is 81.4 Å². The third-order valence-corrected chi connectivity index (χ3v) is 7.74. The van der Waals surface area contributed by atoms with Gasteiger partial charge in [0.2, 0.25) is 0 Å². The van der Waals surface area contributed by atoms with Crippen molar-refractivity contribution in [1.29, 1.82) is 5.26 Å². The van der Waals surface area contributed by atoms with Crippen molar-refractivity contribution in [3.63, 3.8) is 0 Å². The molecule has 0 fully saturated rings. The second-order valence-electron chi connectivity index (χ2n) is 11.1. The van der Waals surface area contributed by atoms with Gasteiger partial charge >= 0.3 is 6.18 Å². The van der Waals surface area contributed by atoms with E-state index in [0.717, 1.165) is 29.8 Å².